The number of ether oxygens (including phenoxy) is 3. The Balaban J connectivity index is 1.30. The van der Waals surface area contributed by atoms with E-state index in [1.54, 1.807) is 17.0 Å². The number of nitrogens with zero attached hydrogens (tertiary/aromatic N) is 1. The minimum Gasteiger partial charge on any atom is -0.457 e. The van der Waals surface area contributed by atoms with E-state index in [2.05, 4.69) is 0 Å². The van der Waals surface area contributed by atoms with E-state index in [1.807, 2.05) is 32.9 Å². The van der Waals surface area contributed by atoms with Crippen LogP contribution >= 0.6 is 0 Å². The number of ketones is 1. The number of hydrogen-bond donors (Lipinski definition) is 0. The number of furan rings is 1. The van der Waals surface area contributed by atoms with Crippen LogP contribution in [0.1, 0.15) is 88.3 Å². The molecular formula is C31H41NO7. The maximum atomic E-state index is 13.8. The van der Waals surface area contributed by atoms with Crippen LogP contribution in [0, 0.1) is 11.8 Å². The molecule has 3 atom stereocenters. The monoisotopic (exact) mass is 539 g/mol. The predicted octanol–water partition coefficient (Wildman–Crippen LogP) is 6.09. The molecule has 2 aromatic rings. The summed E-state index contributed by atoms with van der Waals surface area (Å²) in [7, 11) is 0. The molecule has 1 aromatic heterocycles. The minimum absolute atomic E-state index is 0.0352. The van der Waals surface area contributed by atoms with E-state index in [4.69, 9.17) is 18.6 Å². The van der Waals surface area contributed by atoms with Crippen molar-refractivity contribution in [3.8, 4) is 0 Å². The van der Waals surface area contributed by atoms with Gasteiger partial charge in [0.25, 0.3) is 0 Å². The van der Waals surface area contributed by atoms with Crippen LogP contribution in [0.25, 0.3) is 11.0 Å². The summed E-state index contributed by atoms with van der Waals surface area (Å²) in [5.41, 5.74) is 0.765. The number of rotatable bonds is 7. The molecular weight excluding hydrogens is 498 g/mol. The molecule has 1 saturated carbocycles. The predicted molar refractivity (Wildman–Crippen MR) is 146 cm³/mol. The van der Waals surface area contributed by atoms with Gasteiger partial charge in [-0.3, -0.25) is 9.69 Å². The van der Waals surface area contributed by atoms with E-state index < -0.39 is 23.7 Å². The van der Waals surface area contributed by atoms with Gasteiger partial charge in [-0.15, -0.1) is 0 Å². The van der Waals surface area contributed by atoms with Crippen LogP contribution in [0.4, 0.5) is 4.79 Å². The standard InChI is InChI=1S/C31H41NO7/c1-31(2,3)39-30(35)32-14-13-24(21-8-5-4-6-9-21)28(32)25(33)17-20-11-12-26-22(16-20)18-27(38-26)29(34)37-19-23-10-7-15-36-23/h11-12,16,18,21,23-24,28H,4-10,13-15,17,19H2,1-3H3/t23-,24+,28+/m1/s1. The highest BCUT2D eigenvalue weighted by Crippen LogP contribution is 2.40. The molecule has 8 nitrogen and oxygen atoms in total. The van der Waals surface area contributed by atoms with Crippen LogP contribution in [-0.2, 0) is 25.4 Å². The second-order valence-electron chi connectivity index (χ2n) is 12.3. The van der Waals surface area contributed by atoms with Crippen molar-refractivity contribution in [2.75, 3.05) is 19.8 Å². The largest absolute Gasteiger partial charge is 0.457 e. The highest BCUT2D eigenvalue weighted by atomic mass is 16.6. The Morgan fingerprint density at radius 2 is 1.79 bits per heavy atom. The number of likely N-dealkylation sites (tertiary alicyclic amines) is 1. The zero-order valence-corrected chi connectivity index (χ0v) is 23.4. The molecule has 8 heteroatoms. The molecule has 5 rings (SSSR count). The fourth-order valence-corrected chi connectivity index (χ4v) is 6.43. The van der Waals surface area contributed by atoms with Gasteiger partial charge in [-0.05, 0) is 75.6 Å². The second-order valence-corrected chi connectivity index (χ2v) is 12.3. The summed E-state index contributed by atoms with van der Waals surface area (Å²) in [5.74, 6) is 0.269. The van der Waals surface area contributed by atoms with Crippen LogP contribution in [-0.4, -0.2) is 60.3 Å². The number of fused-ring (bicyclic) bond motifs is 1. The summed E-state index contributed by atoms with van der Waals surface area (Å²) < 4.78 is 22.3. The Hall–Kier alpha value is -2.87. The molecule has 3 heterocycles. The van der Waals surface area contributed by atoms with Crippen molar-refractivity contribution < 1.29 is 33.0 Å². The highest BCUT2D eigenvalue weighted by molar-refractivity contribution is 5.94. The lowest BCUT2D eigenvalue weighted by atomic mass is 9.75. The quantitative estimate of drug-likeness (QED) is 0.393. The van der Waals surface area contributed by atoms with Gasteiger partial charge in [0.1, 0.15) is 17.8 Å². The Labute approximate surface area is 230 Å². The maximum Gasteiger partial charge on any atom is 0.410 e. The Morgan fingerprint density at radius 3 is 2.51 bits per heavy atom. The van der Waals surface area contributed by atoms with Gasteiger partial charge in [0.15, 0.2) is 5.78 Å². The first kappa shape index (κ1) is 27.7. The summed E-state index contributed by atoms with van der Waals surface area (Å²) in [6, 6.07) is 6.71. The summed E-state index contributed by atoms with van der Waals surface area (Å²) in [5, 5.41) is 0.739. The van der Waals surface area contributed by atoms with Crippen molar-refractivity contribution in [2.24, 2.45) is 11.8 Å². The Morgan fingerprint density at radius 1 is 1.00 bits per heavy atom. The number of esters is 1. The first-order chi connectivity index (χ1) is 18.7. The zero-order chi connectivity index (χ0) is 27.6. The van der Waals surface area contributed by atoms with E-state index in [0.717, 1.165) is 43.1 Å². The van der Waals surface area contributed by atoms with Crippen molar-refractivity contribution in [1.82, 2.24) is 4.90 Å². The van der Waals surface area contributed by atoms with Gasteiger partial charge in [0, 0.05) is 25.0 Å². The van der Waals surface area contributed by atoms with E-state index in [-0.39, 0.29) is 36.6 Å². The summed E-state index contributed by atoms with van der Waals surface area (Å²) in [6.07, 6.45) is 8.28. The lowest BCUT2D eigenvalue weighted by Gasteiger charge is -2.34. The number of hydrogen-bond acceptors (Lipinski definition) is 7. The van der Waals surface area contributed by atoms with Crippen LogP contribution in [0.2, 0.25) is 0 Å². The van der Waals surface area contributed by atoms with Crippen molar-refractivity contribution >= 4 is 28.8 Å². The van der Waals surface area contributed by atoms with E-state index >= 15 is 0 Å². The molecule has 2 aliphatic heterocycles. The second kappa shape index (κ2) is 11.7. The molecule has 212 valence electrons. The van der Waals surface area contributed by atoms with Crippen LogP contribution in [0.5, 0.6) is 0 Å². The fourth-order valence-electron chi connectivity index (χ4n) is 6.43. The molecule has 0 spiro atoms. The van der Waals surface area contributed by atoms with Crippen LogP contribution in [0.3, 0.4) is 0 Å². The average Bonchev–Trinajstić information content (AvgIpc) is 3.66. The third-order valence-corrected chi connectivity index (χ3v) is 8.24. The topological polar surface area (TPSA) is 95.3 Å². The molecule has 3 aliphatic rings. The van der Waals surface area contributed by atoms with E-state index in [9.17, 15) is 14.4 Å². The maximum absolute atomic E-state index is 13.8. The Bertz CT molecular complexity index is 1180. The molecule has 2 saturated heterocycles. The summed E-state index contributed by atoms with van der Waals surface area (Å²) in [6.45, 7) is 7.01. The van der Waals surface area contributed by atoms with Gasteiger partial charge in [0.2, 0.25) is 5.76 Å². The van der Waals surface area contributed by atoms with Gasteiger partial charge in [-0.2, -0.15) is 0 Å². The van der Waals surface area contributed by atoms with Gasteiger partial charge in [-0.25, -0.2) is 9.59 Å². The first-order valence-corrected chi connectivity index (χ1v) is 14.5. The van der Waals surface area contributed by atoms with Crippen molar-refractivity contribution in [3.63, 3.8) is 0 Å². The number of Topliss-reactive ketones (excluding diaryl/α,β-unsaturated/α-hetero) is 1. The molecule has 1 aromatic carbocycles. The lowest BCUT2D eigenvalue weighted by Crippen LogP contribution is -2.47. The van der Waals surface area contributed by atoms with Crippen molar-refractivity contribution in [3.05, 3.63) is 35.6 Å². The first-order valence-electron chi connectivity index (χ1n) is 14.5. The normalized spacial score (nSPS) is 24.3. The van der Waals surface area contributed by atoms with E-state index in [1.165, 1.54) is 19.3 Å². The molecule has 1 amide bonds. The Kier molecular flexibility index (Phi) is 8.31. The molecule has 0 radical (unpaired) electrons. The smallest absolute Gasteiger partial charge is 0.410 e. The molecule has 0 bridgehead atoms. The molecule has 39 heavy (non-hydrogen) atoms. The number of carbonyl (C=O) groups is 3. The number of amides is 1. The zero-order valence-electron chi connectivity index (χ0n) is 23.4. The number of carbonyl (C=O) groups excluding carboxylic acids is 3. The fraction of sp³-hybridized carbons (Fsp3) is 0.645. The van der Waals surface area contributed by atoms with Crippen LogP contribution < -0.4 is 0 Å². The molecule has 3 fully saturated rings. The van der Waals surface area contributed by atoms with E-state index in [0.29, 0.717) is 24.7 Å². The molecule has 0 N–H and O–H groups in total. The lowest BCUT2D eigenvalue weighted by molar-refractivity contribution is -0.124. The minimum atomic E-state index is -0.622. The molecule has 0 unspecified atom stereocenters. The average molecular weight is 540 g/mol. The molecule has 1 aliphatic carbocycles. The van der Waals surface area contributed by atoms with Gasteiger partial charge in [0.05, 0.1) is 12.1 Å². The third-order valence-electron chi connectivity index (χ3n) is 8.24. The summed E-state index contributed by atoms with van der Waals surface area (Å²) >= 11 is 0. The highest BCUT2D eigenvalue weighted by Gasteiger charge is 2.46. The third kappa shape index (κ3) is 6.65. The van der Waals surface area contributed by atoms with Gasteiger partial charge in [-0.1, -0.05) is 38.2 Å². The number of benzene rings is 1. The SMILES string of the molecule is CC(C)(C)OC(=O)N1CC[C@@H](C2CCCCC2)[C@H]1C(=O)Cc1ccc2oc(C(=O)OC[C@H]3CCCO3)cc2c1. The van der Waals surface area contributed by atoms with Gasteiger partial charge >= 0.3 is 12.1 Å². The van der Waals surface area contributed by atoms with Crippen molar-refractivity contribution in [1.29, 1.82) is 0 Å². The van der Waals surface area contributed by atoms with Crippen LogP contribution in [0.15, 0.2) is 28.7 Å². The summed E-state index contributed by atoms with van der Waals surface area (Å²) in [4.78, 5) is 41.2. The van der Waals surface area contributed by atoms with Gasteiger partial charge < -0.3 is 18.6 Å². The van der Waals surface area contributed by atoms with Crippen molar-refractivity contribution in [2.45, 2.75) is 96.3 Å².